The van der Waals surface area contributed by atoms with Crippen molar-refractivity contribution in [3.63, 3.8) is 0 Å². The number of fused-ring (bicyclic) bond motifs is 1. The molecule has 6 nitrogen and oxygen atoms in total. The molecule has 0 atom stereocenters. The van der Waals surface area contributed by atoms with E-state index >= 15 is 0 Å². The van der Waals surface area contributed by atoms with Gasteiger partial charge >= 0.3 is 0 Å². The Balaban J connectivity index is 1.26. The number of carbonyl (C=O) groups is 2. The quantitative estimate of drug-likeness (QED) is 0.825. The normalized spacial score (nSPS) is 17.7. The average molecular weight is 408 g/mol. The number of hydrogen-bond donors (Lipinski definition) is 1. The van der Waals surface area contributed by atoms with E-state index in [1.165, 1.54) is 0 Å². The van der Waals surface area contributed by atoms with E-state index in [0.717, 1.165) is 30.6 Å². The number of para-hydroxylation sites is 1. The van der Waals surface area contributed by atoms with Crippen LogP contribution in [-0.2, 0) is 11.2 Å². The molecule has 2 aromatic rings. The van der Waals surface area contributed by atoms with Gasteiger partial charge in [-0.15, -0.1) is 0 Å². The van der Waals surface area contributed by atoms with Crippen LogP contribution in [0.5, 0.6) is 11.5 Å². The number of hydrogen-bond acceptors (Lipinski definition) is 4. The summed E-state index contributed by atoms with van der Waals surface area (Å²) >= 11 is 0. The number of nitrogens with one attached hydrogen (secondary N) is 1. The van der Waals surface area contributed by atoms with Gasteiger partial charge in [-0.1, -0.05) is 30.3 Å². The van der Waals surface area contributed by atoms with Crippen molar-refractivity contribution in [3.8, 4) is 11.5 Å². The Morgan fingerprint density at radius 3 is 2.57 bits per heavy atom. The highest BCUT2D eigenvalue weighted by Gasteiger charge is 2.32. The van der Waals surface area contributed by atoms with Crippen LogP contribution >= 0.6 is 0 Å². The van der Waals surface area contributed by atoms with Crippen LogP contribution in [0.15, 0.2) is 48.5 Å². The molecule has 0 radical (unpaired) electrons. The fourth-order valence-corrected chi connectivity index (χ4v) is 4.06. The van der Waals surface area contributed by atoms with E-state index < -0.39 is 0 Å². The number of amides is 2. The van der Waals surface area contributed by atoms with Gasteiger partial charge in [0.2, 0.25) is 0 Å². The van der Waals surface area contributed by atoms with Crippen molar-refractivity contribution >= 4 is 11.8 Å². The number of carbonyl (C=O) groups excluding carboxylic acids is 2. The molecular weight excluding hydrogens is 380 g/mol. The fraction of sp³-hybridized carbons (Fsp3) is 0.417. The highest BCUT2D eigenvalue weighted by Crippen LogP contribution is 2.41. The molecule has 1 N–H and O–H groups in total. The molecule has 30 heavy (non-hydrogen) atoms. The molecule has 0 unspecified atom stereocenters. The summed E-state index contributed by atoms with van der Waals surface area (Å²) in [5, 5.41) is 3.06. The van der Waals surface area contributed by atoms with Crippen LogP contribution < -0.4 is 14.8 Å². The lowest BCUT2D eigenvalue weighted by atomic mass is 10.0. The minimum absolute atomic E-state index is 0.0126. The topological polar surface area (TPSA) is 67.9 Å². The second-order valence-electron chi connectivity index (χ2n) is 8.57. The molecule has 2 amide bonds. The van der Waals surface area contributed by atoms with Crippen molar-refractivity contribution < 1.29 is 19.1 Å². The Hall–Kier alpha value is -3.02. The number of piperidine rings is 1. The summed E-state index contributed by atoms with van der Waals surface area (Å²) in [5.74, 6) is 1.26. The van der Waals surface area contributed by atoms with E-state index in [2.05, 4.69) is 5.32 Å². The van der Waals surface area contributed by atoms with Gasteiger partial charge in [-0.2, -0.15) is 0 Å². The maximum atomic E-state index is 12.6. The molecule has 1 saturated heterocycles. The number of benzene rings is 2. The first kappa shape index (κ1) is 20.3. The molecule has 0 bridgehead atoms. The number of likely N-dealkylation sites (tertiary alicyclic amines) is 1. The van der Waals surface area contributed by atoms with Crippen LogP contribution in [0.25, 0.3) is 0 Å². The van der Waals surface area contributed by atoms with E-state index in [0.29, 0.717) is 24.4 Å². The van der Waals surface area contributed by atoms with Crippen molar-refractivity contribution in [2.45, 2.75) is 44.8 Å². The van der Waals surface area contributed by atoms with Crippen LogP contribution in [0.1, 0.15) is 42.6 Å². The van der Waals surface area contributed by atoms with Gasteiger partial charge in [-0.25, -0.2) is 0 Å². The third-order valence-electron chi connectivity index (χ3n) is 5.62. The molecule has 2 heterocycles. The van der Waals surface area contributed by atoms with E-state index in [9.17, 15) is 9.59 Å². The van der Waals surface area contributed by atoms with Gasteiger partial charge < -0.3 is 19.7 Å². The Labute approximate surface area is 177 Å². The molecule has 2 aliphatic heterocycles. The van der Waals surface area contributed by atoms with Gasteiger partial charge in [0.1, 0.15) is 5.60 Å². The third kappa shape index (κ3) is 4.58. The number of rotatable bonds is 5. The zero-order valence-corrected chi connectivity index (χ0v) is 17.5. The standard InChI is InChI=1S/C24H28N2O4/c1-24(2)15-18-9-6-10-20(22(18)30-24)29-16-21(27)26-13-11-19(12-14-26)25-23(28)17-7-4-3-5-8-17/h3-10,19H,11-16H2,1-2H3,(H,25,28). The average Bonchev–Trinajstić information content (AvgIpc) is 3.07. The molecule has 2 aromatic carbocycles. The predicted octanol–water partition coefficient (Wildman–Crippen LogP) is 3.20. The summed E-state index contributed by atoms with van der Waals surface area (Å²) in [4.78, 5) is 26.7. The smallest absolute Gasteiger partial charge is 0.260 e. The fourth-order valence-electron chi connectivity index (χ4n) is 4.06. The first-order chi connectivity index (χ1) is 14.4. The van der Waals surface area contributed by atoms with Crippen LogP contribution in [0.2, 0.25) is 0 Å². The van der Waals surface area contributed by atoms with Gasteiger partial charge in [0.25, 0.3) is 11.8 Å². The lowest BCUT2D eigenvalue weighted by Crippen LogP contribution is -2.47. The molecule has 158 valence electrons. The minimum Gasteiger partial charge on any atom is -0.483 e. The first-order valence-electron chi connectivity index (χ1n) is 10.5. The second-order valence-corrected chi connectivity index (χ2v) is 8.57. The highest BCUT2D eigenvalue weighted by atomic mass is 16.5. The van der Waals surface area contributed by atoms with Crippen molar-refractivity contribution in [1.29, 1.82) is 0 Å². The van der Waals surface area contributed by atoms with E-state index in [1.54, 1.807) is 17.0 Å². The summed E-state index contributed by atoms with van der Waals surface area (Å²) in [6.07, 6.45) is 2.31. The predicted molar refractivity (Wildman–Crippen MR) is 114 cm³/mol. The molecule has 0 spiro atoms. The molecule has 0 aromatic heterocycles. The maximum Gasteiger partial charge on any atom is 0.260 e. The summed E-state index contributed by atoms with van der Waals surface area (Å²) in [5.41, 5.74) is 1.52. The first-order valence-corrected chi connectivity index (χ1v) is 10.5. The number of ether oxygens (including phenoxy) is 2. The monoisotopic (exact) mass is 408 g/mol. The van der Waals surface area contributed by atoms with Gasteiger partial charge in [-0.05, 0) is 44.9 Å². The summed E-state index contributed by atoms with van der Waals surface area (Å²) in [6, 6.07) is 15.1. The van der Waals surface area contributed by atoms with E-state index in [4.69, 9.17) is 9.47 Å². The Kier molecular flexibility index (Phi) is 5.66. The van der Waals surface area contributed by atoms with Crippen molar-refractivity contribution in [2.75, 3.05) is 19.7 Å². The lowest BCUT2D eigenvalue weighted by Gasteiger charge is -2.32. The molecule has 0 saturated carbocycles. The Morgan fingerprint density at radius 1 is 1.10 bits per heavy atom. The van der Waals surface area contributed by atoms with Crippen LogP contribution in [-0.4, -0.2) is 48.1 Å². The zero-order valence-electron chi connectivity index (χ0n) is 17.5. The third-order valence-corrected chi connectivity index (χ3v) is 5.62. The van der Waals surface area contributed by atoms with Crippen LogP contribution in [0.3, 0.4) is 0 Å². The number of nitrogens with zero attached hydrogens (tertiary/aromatic N) is 1. The highest BCUT2D eigenvalue weighted by molar-refractivity contribution is 5.94. The lowest BCUT2D eigenvalue weighted by molar-refractivity contribution is -0.134. The molecule has 4 rings (SSSR count). The van der Waals surface area contributed by atoms with Gasteiger partial charge in [0.15, 0.2) is 18.1 Å². The molecular formula is C24H28N2O4. The van der Waals surface area contributed by atoms with Crippen LogP contribution in [0.4, 0.5) is 0 Å². The summed E-state index contributed by atoms with van der Waals surface area (Å²) in [6.45, 7) is 5.29. The van der Waals surface area contributed by atoms with Crippen molar-refractivity contribution in [3.05, 3.63) is 59.7 Å². The van der Waals surface area contributed by atoms with Gasteiger partial charge in [0.05, 0.1) is 0 Å². The van der Waals surface area contributed by atoms with E-state index in [1.807, 2.05) is 50.2 Å². The Morgan fingerprint density at radius 2 is 1.83 bits per heavy atom. The molecule has 0 aliphatic carbocycles. The maximum absolute atomic E-state index is 12.6. The summed E-state index contributed by atoms with van der Waals surface area (Å²) in [7, 11) is 0. The van der Waals surface area contributed by atoms with Gasteiger partial charge in [0, 0.05) is 36.7 Å². The van der Waals surface area contributed by atoms with Gasteiger partial charge in [-0.3, -0.25) is 9.59 Å². The van der Waals surface area contributed by atoms with Crippen LogP contribution in [0, 0.1) is 0 Å². The molecule has 6 heteroatoms. The molecule has 1 fully saturated rings. The molecule has 2 aliphatic rings. The minimum atomic E-state index is -0.252. The zero-order chi connectivity index (χ0) is 21.1. The summed E-state index contributed by atoms with van der Waals surface area (Å²) < 4.78 is 11.8. The van der Waals surface area contributed by atoms with Crippen molar-refractivity contribution in [2.24, 2.45) is 0 Å². The Bertz CT molecular complexity index is 918. The largest absolute Gasteiger partial charge is 0.483 e. The van der Waals surface area contributed by atoms with Crippen molar-refractivity contribution in [1.82, 2.24) is 10.2 Å². The SMILES string of the molecule is CC1(C)Cc2cccc(OCC(=O)N3CCC(NC(=O)c4ccccc4)CC3)c2O1. The second kappa shape index (κ2) is 8.38. The van der Waals surface area contributed by atoms with E-state index in [-0.39, 0.29) is 30.1 Å².